The van der Waals surface area contributed by atoms with Crippen LogP contribution in [0.15, 0.2) is 23.3 Å². The topological polar surface area (TPSA) is 123 Å². The molecule has 0 atom stereocenters. The molecular formula is C7H11N5O. The first-order chi connectivity index (χ1) is 6.20. The van der Waals surface area contributed by atoms with E-state index in [1.54, 1.807) is 18.2 Å². The average Bonchev–Trinajstić information content (AvgIpc) is 2.14. The van der Waals surface area contributed by atoms with Gasteiger partial charge in [0.2, 0.25) is 0 Å². The summed E-state index contributed by atoms with van der Waals surface area (Å²) in [5.74, 6) is 10.2. The zero-order valence-corrected chi connectivity index (χ0v) is 6.86. The Morgan fingerprint density at radius 2 is 2.15 bits per heavy atom. The van der Waals surface area contributed by atoms with Crippen LogP contribution in [0.5, 0.6) is 5.75 Å². The minimum atomic E-state index is -0.0929. The second kappa shape index (κ2) is 3.63. The maximum atomic E-state index is 9.47. The van der Waals surface area contributed by atoms with E-state index in [2.05, 4.69) is 10.5 Å². The van der Waals surface area contributed by atoms with E-state index in [-0.39, 0.29) is 17.3 Å². The summed E-state index contributed by atoms with van der Waals surface area (Å²) in [6.45, 7) is 0. The SMILES string of the molecule is N/N=C(\NN)c1cccc(N)c1O. The molecule has 0 aliphatic heterocycles. The van der Waals surface area contributed by atoms with Gasteiger partial charge in [-0.05, 0) is 12.1 Å². The van der Waals surface area contributed by atoms with Gasteiger partial charge in [-0.3, -0.25) is 0 Å². The number of benzene rings is 1. The average molecular weight is 181 g/mol. The number of phenols is 1. The van der Waals surface area contributed by atoms with Gasteiger partial charge in [-0.15, -0.1) is 0 Å². The van der Waals surface area contributed by atoms with Crippen LogP contribution in [0.3, 0.4) is 0 Å². The number of nitrogens with one attached hydrogen (secondary N) is 1. The molecule has 6 heteroatoms. The summed E-state index contributed by atoms with van der Waals surface area (Å²) in [6, 6.07) is 4.81. The van der Waals surface area contributed by atoms with Crippen molar-refractivity contribution in [3.8, 4) is 5.75 Å². The smallest absolute Gasteiger partial charge is 0.170 e. The minimum Gasteiger partial charge on any atom is -0.505 e. The van der Waals surface area contributed by atoms with Gasteiger partial charge < -0.3 is 22.1 Å². The quantitative estimate of drug-likeness (QED) is 0.0955. The van der Waals surface area contributed by atoms with E-state index in [9.17, 15) is 5.11 Å². The van der Waals surface area contributed by atoms with Gasteiger partial charge in [0, 0.05) is 0 Å². The second-order valence-electron chi connectivity index (χ2n) is 2.37. The Bertz CT molecular complexity index is 336. The van der Waals surface area contributed by atoms with Gasteiger partial charge >= 0.3 is 0 Å². The largest absolute Gasteiger partial charge is 0.505 e. The molecule has 0 unspecified atom stereocenters. The van der Waals surface area contributed by atoms with Crippen molar-refractivity contribution in [1.82, 2.24) is 5.43 Å². The number of nitrogen functional groups attached to an aromatic ring is 1. The first kappa shape index (κ1) is 9.14. The van der Waals surface area contributed by atoms with Gasteiger partial charge in [0.05, 0.1) is 11.3 Å². The first-order valence-electron chi connectivity index (χ1n) is 3.53. The molecule has 13 heavy (non-hydrogen) atoms. The number of phenolic OH excluding ortho intramolecular Hbond substituents is 1. The van der Waals surface area contributed by atoms with Crippen LogP contribution in [-0.2, 0) is 0 Å². The van der Waals surface area contributed by atoms with Crippen molar-refractivity contribution in [2.45, 2.75) is 0 Å². The summed E-state index contributed by atoms with van der Waals surface area (Å²) in [7, 11) is 0. The molecule has 0 fully saturated rings. The summed E-state index contributed by atoms with van der Waals surface area (Å²) in [4.78, 5) is 0. The Balaban J connectivity index is 3.22. The summed E-state index contributed by atoms with van der Waals surface area (Å²) in [6.07, 6.45) is 0. The van der Waals surface area contributed by atoms with Gasteiger partial charge in [0.15, 0.2) is 5.84 Å². The molecule has 0 aromatic heterocycles. The number of nitrogens with two attached hydrogens (primary N) is 3. The molecular weight excluding hydrogens is 170 g/mol. The van der Waals surface area contributed by atoms with Gasteiger partial charge in [-0.1, -0.05) is 6.07 Å². The maximum Gasteiger partial charge on any atom is 0.170 e. The van der Waals surface area contributed by atoms with Crippen LogP contribution >= 0.6 is 0 Å². The third-order valence-electron chi connectivity index (χ3n) is 1.59. The summed E-state index contributed by atoms with van der Waals surface area (Å²) in [5.41, 5.74) is 8.31. The van der Waals surface area contributed by atoms with Gasteiger partial charge in [-0.2, -0.15) is 5.10 Å². The Labute approximate surface area is 75.0 Å². The normalized spacial score (nSPS) is 11.3. The number of nitrogens with zero attached hydrogens (tertiary/aromatic N) is 1. The molecule has 1 aromatic carbocycles. The molecule has 6 nitrogen and oxygen atoms in total. The molecule has 70 valence electrons. The van der Waals surface area contributed by atoms with E-state index < -0.39 is 0 Å². The number of hydrazone groups is 1. The lowest BCUT2D eigenvalue weighted by Crippen LogP contribution is -2.32. The van der Waals surface area contributed by atoms with Gasteiger partial charge in [-0.25, -0.2) is 5.84 Å². The predicted molar refractivity (Wildman–Crippen MR) is 50.6 cm³/mol. The molecule has 0 saturated heterocycles. The van der Waals surface area contributed by atoms with Crippen LogP contribution in [0.4, 0.5) is 5.69 Å². The molecule has 1 rings (SSSR count). The van der Waals surface area contributed by atoms with E-state index in [0.717, 1.165) is 0 Å². The van der Waals surface area contributed by atoms with Crippen molar-refractivity contribution >= 4 is 11.5 Å². The highest BCUT2D eigenvalue weighted by Gasteiger charge is 2.09. The molecule has 0 aliphatic rings. The zero-order valence-electron chi connectivity index (χ0n) is 6.86. The first-order valence-corrected chi connectivity index (χ1v) is 3.53. The zero-order chi connectivity index (χ0) is 9.84. The second-order valence-corrected chi connectivity index (χ2v) is 2.37. The fraction of sp³-hybridized carbons (Fsp3) is 0. The molecule has 0 saturated carbocycles. The number of hydrogen-bond donors (Lipinski definition) is 5. The van der Waals surface area contributed by atoms with Crippen molar-refractivity contribution in [1.29, 1.82) is 0 Å². The number of hydrogen-bond acceptors (Lipinski definition) is 5. The molecule has 0 aliphatic carbocycles. The van der Waals surface area contributed by atoms with Crippen LogP contribution in [0.2, 0.25) is 0 Å². The van der Waals surface area contributed by atoms with Crippen molar-refractivity contribution in [2.24, 2.45) is 16.8 Å². The summed E-state index contributed by atoms with van der Waals surface area (Å²) in [5, 5.41) is 12.8. The van der Waals surface area contributed by atoms with Gasteiger partial charge in [0.25, 0.3) is 0 Å². The molecule has 0 spiro atoms. The molecule has 0 radical (unpaired) electrons. The predicted octanol–water partition coefficient (Wildman–Crippen LogP) is -0.942. The summed E-state index contributed by atoms with van der Waals surface area (Å²) < 4.78 is 0. The van der Waals surface area contributed by atoms with Crippen molar-refractivity contribution in [2.75, 3.05) is 5.73 Å². The van der Waals surface area contributed by atoms with Crippen LogP contribution in [0.1, 0.15) is 5.56 Å². The van der Waals surface area contributed by atoms with E-state index in [4.69, 9.17) is 17.4 Å². The van der Waals surface area contributed by atoms with Crippen molar-refractivity contribution in [3.63, 3.8) is 0 Å². The highest BCUT2D eigenvalue weighted by Crippen LogP contribution is 2.23. The molecule has 0 heterocycles. The Morgan fingerprint density at radius 3 is 2.69 bits per heavy atom. The number of rotatable bonds is 1. The highest BCUT2D eigenvalue weighted by molar-refractivity contribution is 6.01. The Kier molecular flexibility index (Phi) is 2.56. The Morgan fingerprint density at radius 1 is 1.46 bits per heavy atom. The van der Waals surface area contributed by atoms with E-state index >= 15 is 0 Å². The lowest BCUT2D eigenvalue weighted by Gasteiger charge is -2.07. The maximum absolute atomic E-state index is 9.47. The number of hydrazine groups is 1. The molecule has 0 bridgehead atoms. The third-order valence-corrected chi connectivity index (χ3v) is 1.59. The molecule has 1 aromatic rings. The number of anilines is 1. The third kappa shape index (κ3) is 1.62. The fourth-order valence-electron chi connectivity index (χ4n) is 0.937. The van der Waals surface area contributed by atoms with Crippen LogP contribution in [0.25, 0.3) is 0 Å². The lowest BCUT2D eigenvalue weighted by atomic mass is 10.1. The fourth-order valence-corrected chi connectivity index (χ4v) is 0.937. The van der Waals surface area contributed by atoms with Crippen molar-refractivity contribution in [3.05, 3.63) is 23.8 Å². The Hall–Kier alpha value is -1.95. The van der Waals surface area contributed by atoms with Crippen LogP contribution in [0, 0.1) is 0 Å². The minimum absolute atomic E-state index is 0.0929. The molecule has 8 N–H and O–H groups in total. The molecule has 0 amide bonds. The number of para-hydroxylation sites is 1. The summed E-state index contributed by atoms with van der Waals surface area (Å²) >= 11 is 0. The highest BCUT2D eigenvalue weighted by atomic mass is 16.3. The van der Waals surface area contributed by atoms with E-state index in [1.807, 2.05) is 0 Å². The van der Waals surface area contributed by atoms with Crippen molar-refractivity contribution < 1.29 is 5.11 Å². The van der Waals surface area contributed by atoms with E-state index in [0.29, 0.717) is 5.56 Å². The van der Waals surface area contributed by atoms with E-state index in [1.165, 1.54) is 0 Å². The van der Waals surface area contributed by atoms with Crippen LogP contribution < -0.4 is 22.8 Å². The monoisotopic (exact) mass is 181 g/mol. The standard InChI is InChI=1S/C7H11N5O/c8-5-3-1-2-4(6(5)13)7(11-9)12-10/h1-3,13H,8-10H2,(H,11,12). The lowest BCUT2D eigenvalue weighted by molar-refractivity contribution is 0.476. The van der Waals surface area contributed by atoms with Gasteiger partial charge in [0.1, 0.15) is 5.75 Å². The van der Waals surface area contributed by atoms with Crippen LogP contribution in [-0.4, -0.2) is 10.9 Å². The number of aromatic hydroxyl groups is 1. The number of amidine groups is 1.